The predicted octanol–water partition coefficient (Wildman–Crippen LogP) is 4.31. The second-order valence-electron chi connectivity index (χ2n) is 5.72. The number of nitrogens with one attached hydrogen (secondary N) is 1. The number of hydrogen-bond donors (Lipinski definition) is 2. The minimum Gasteiger partial charge on any atom is -0.495 e. The Morgan fingerprint density at radius 2 is 1.95 bits per heavy atom. The van der Waals surface area contributed by atoms with Crippen molar-refractivity contribution < 1.29 is 9.53 Å². The Hall–Kier alpha value is -0.590. The summed E-state index contributed by atoms with van der Waals surface area (Å²) in [4.78, 5) is 12.1. The van der Waals surface area contributed by atoms with Crippen molar-refractivity contribution in [3.63, 3.8) is 0 Å². The normalized spacial score (nSPS) is 11.3. The molecule has 0 bridgehead atoms. The standard InChI is InChI=1S/C15H22Br2N2O2/c1-15(2,6-7-18)5-4-14(20)19-12-9-13(21-3)11(17)8-10(12)16/h8-9H,4-7,18H2,1-3H3,(H,19,20). The maximum atomic E-state index is 12.1. The van der Waals surface area contributed by atoms with Crippen LogP contribution in [0.5, 0.6) is 5.75 Å². The molecule has 4 nitrogen and oxygen atoms in total. The van der Waals surface area contributed by atoms with Crippen molar-refractivity contribution >= 4 is 43.5 Å². The van der Waals surface area contributed by atoms with Crippen molar-refractivity contribution in [2.24, 2.45) is 11.1 Å². The largest absolute Gasteiger partial charge is 0.495 e. The average Bonchev–Trinajstić information content (AvgIpc) is 2.39. The van der Waals surface area contributed by atoms with Gasteiger partial charge in [0.1, 0.15) is 5.75 Å². The summed E-state index contributed by atoms with van der Waals surface area (Å²) in [5, 5.41) is 2.91. The predicted molar refractivity (Wildman–Crippen MR) is 93.7 cm³/mol. The van der Waals surface area contributed by atoms with Gasteiger partial charge in [0.25, 0.3) is 0 Å². The fraction of sp³-hybridized carbons (Fsp3) is 0.533. The van der Waals surface area contributed by atoms with Crippen molar-refractivity contribution in [3.05, 3.63) is 21.1 Å². The SMILES string of the molecule is COc1cc(NC(=O)CCC(C)(C)CCN)c(Br)cc1Br. The number of amides is 1. The topological polar surface area (TPSA) is 64.3 Å². The highest BCUT2D eigenvalue weighted by atomic mass is 79.9. The number of rotatable bonds is 7. The Bertz CT molecular complexity index is 505. The molecule has 0 radical (unpaired) electrons. The zero-order valence-corrected chi connectivity index (χ0v) is 15.8. The molecule has 0 aliphatic carbocycles. The smallest absolute Gasteiger partial charge is 0.224 e. The Kier molecular flexibility index (Phi) is 7.16. The lowest BCUT2D eigenvalue weighted by atomic mass is 9.84. The lowest BCUT2D eigenvalue weighted by Gasteiger charge is -2.23. The van der Waals surface area contributed by atoms with Gasteiger partial charge in [0.05, 0.1) is 17.3 Å². The summed E-state index contributed by atoms with van der Waals surface area (Å²) in [6.45, 7) is 4.90. The van der Waals surface area contributed by atoms with Gasteiger partial charge in [-0.3, -0.25) is 4.79 Å². The summed E-state index contributed by atoms with van der Waals surface area (Å²) in [5.74, 6) is 0.669. The van der Waals surface area contributed by atoms with Gasteiger partial charge in [-0.05, 0) is 62.7 Å². The maximum Gasteiger partial charge on any atom is 0.224 e. The number of benzene rings is 1. The van der Waals surface area contributed by atoms with Crippen LogP contribution in [0.15, 0.2) is 21.1 Å². The van der Waals surface area contributed by atoms with Crippen molar-refractivity contribution in [1.29, 1.82) is 0 Å². The quantitative estimate of drug-likeness (QED) is 0.689. The van der Waals surface area contributed by atoms with Crippen LogP contribution in [0.3, 0.4) is 0 Å². The van der Waals surface area contributed by atoms with Crippen LogP contribution in [0.4, 0.5) is 5.69 Å². The number of ether oxygens (including phenoxy) is 1. The molecule has 21 heavy (non-hydrogen) atoms. The van der Waals surface area contributed by atoms with E-state index in [0.717, 1.165) is 21.8 Å². The zero-order valence-electron chi connectivity index (χ0n) is 12.6. The van der Waals surface area contributed by atoms with Gasteiger partial charge in [-0.15, -0.1) is 0 Å². The van der Waals surface area contributed by atoms with E-state index in [0.29, 0.717) is 24.4 Å². The molecule has 0 aliphatic heterocycles. The molecule has 1 aromatic carbocycles. The highest BCUT2D eigenvalue weighted by Crippen LogP contribution is 2.35. The molecule has 6 heteroatoms. The van der Waals surface area contributed by atoms with Crippen LogP contribution in [0, 0.1) is 5.41 Å². The first kappa shape index (κ1) is 18.5. The Morgan fingerprint density at radius 1 is 1.29 bits per heavy atom. The van der Waals surface area contributed by atoms with Crippen molar-refractivity contribution in [1.82, 2.24) is 0 Å². The first-order chi connectivity index (χ1) is 9.79. The zero-order chi connectivity index (χ0) is 16.0. The van der Waals surface area contributed by atoms with Gasteiger partial charge < -0.3 is 15.8 Å². The molecule has 118 valence electrons. The number of anilines is 1. The summed E-state index contributed by atoms with van der Waals surface area (Å²) >= 11 is 6.84. The van der Waals surface area contributed by atoms with E-state index in [2.05, 4.69) is 51.0 Å². The molecule has 3 N–H and O–H groups in total. The van der Waals surface area contributed by atoms with E-state index in [1.165, 1.54) is 0 Å². The Morgan fingerprint density at radius 3 is 2.52 bits per heavy atom. The molecule has 0 fully saturated rings. The Labute approximate surface area is 143 Å². The second kappa shape index (κ2) is 8.15. The first-order valence-corrected chi connectivity index (χ1v) is 8.40. The van der Waals surface area contributed by atoms with Gasteiger partial charge in [-0.1, -0.05) is 13.8 Å². The van der Waals surface area contributed by atoms with E-state index >= 15 is 0 Å². The third-order valence-corrected chi connectivity index (χ3v) is 4.64. The minimum absolute atomic E-state index is 0.00910. The van der Waals surface area contributed by atoms with Crippen LogP contribution < -0.4 is 15.8 Å². The van der Waals surface area contributed by atoms with E-state index in [1.807, 2.05) is 6.07 Å². The monoisotopic (exact) mass is 420 g/mol. The lowest BCUT2D eigenvalue weighted by Crippen LogP contribution is -2.20. The first-order valence-electron chi connectivity index (χ1n) is 6.82. The molecule has 1 aromatic rings. The Balaban J connectivity index is 2.67. The van der Waals surface area contributed by atoms with Crippen LogP contribution >= 0.6 is 31.9 Å². The molecule has 1 rings (SSSR count). The summed E-state index contributed by atoms with van der Waals surface area (Å²) in [6.07, 6.45) is 2.19. The molecule has 1 amide bonds. The maximum absolute atomic E-state index is 12.1. The van der Waals surface area contributed by atoms with Crippen LogP contribution in [0.1, 0.15) is 33.1 Å². The van der Waals surface area contributed by atoms with Crippen LogP contribution in [0.25, 0.3) is 0 Å². The van der Waals surface area contributed by atoms with Crippen molar-refractivity contribution in [2.45, 2.75) is 33.1 Å². The molecule has 0 spiro atoms. The van der Waals surface area contributed by atoms with Crippen LogP contribution in [0.2, 0.25) is 0 Å². The van der Waals surface area contributed by atoms with Gasteiger partial charge in [0, 0.05) is 17.0 Å². The third-order valence-electron chi connectivity index (χ3n) is 3.37. The molecule has 0 aromatic heterocycles. The number of hydrogen-bond acceptors (Lipinski definition) is 3. The molecule has 0 aliphatic rings. The molecular weight excluding hydrogens is 400 g/mol. The highest BCUT2D eigenvalue weighted by molar-refractivity contribution is 9.11. The van der Waals surface area contributed by atoms with Crippen molar-refractivity contribution in [3.8, 4) is 5.75 Å². The van der Waals surface area contributed by atoms with Gasteiger partial charge in [0.15, 0.2) is 0 Å². The molecule has 0 heterocycles. The second-order valence-corrected chi connectivity index (χ2v) is 7.43. The van der Waals surface area contributed by atoms with E-state index in [9.17, 15) is 4.79 Å². The number of nitrogens with two attached hydrogens (primary N) is 1. The fourth-order valence-electron chi connectivity index (χ4n) is 1.96. The summed E-state index contributed by atoms with van der Waals surface area (Å²) in [5.41, 5.74) is 6.37. The minimum atomic E-state index is -0.00910. The highest BCUT2D eigenvalue weighted by Gasteiger charge is 2.19. The molecule has 0 unspecified atom stereocenters. The number of carbonyl (C=O) groups excluding carboxylic acids is 1. The van der Waals surface area contributed by atoms with Crippen LogP contribution in [-0.2, 0) is 4.79 Å². The molecule has 0 saturated heterocycles. The van der Waals surface area contributed by atoms with E-state index < -0.39 is 0 Å². The average molecular weight is 422 g/mol. The van der Waals surface area contributed by atoms with E-state index in [1.54, 1.807) is 13.2 Å². The molecular formula is C15H22Br2N2O2. The third kappa shape index (κ3) is 5.96. The van der Waals surface area contributed by atoms with E-state index in [-0.39, 0.29) is 11.3 Å². The van der Waals surface area contributed by atoms with Crippen molar-refractivity contribution in [2.75, 3.05) is 19.0 Å². The number of halogens is 2. The van der Waals surface area contributed by atoms with E-state index in [4.69, 9.17) is 10.5 Å². The summed E-state index contributed by atoms with van der Waals surface area (Å²) in [6, 6.07) is 3.64. The van der Waals surface area contributed by atoms with Gasteiger partial charge in [-0.2, -0.15) is 0 Å². The van der Waals surface area contributed by atoms with Gasteiger partial charge in [-0.25, -0.2) is 0 Å². The molecule has 0 saturated carbocycles. The lowest BCUT2D eigenvalue weighted by molar-refractivity contribution is -0.116. The van der Waals surface area contributed by atoms with Gasteiger partial charge >= 0.3 is 0 Å². The number of carbonyl (C=O) groups is 1. The summed E-state index contributed by atoms with van der Waals surface area (Å²) < 4.78 is 6.88. The fourth-order valence-corrected chi connectivity index (χ4v) is 3.22. The molecule has 0 atom stereocenters. The number of methoxy groups -OCH3 is 1. The summed E-state index contributed by atoms with van der Waals surface area (Å²) in [7, 11) is 1.59. The van der Waals surface area contributed by atoms with Gasteiger partial charge in [0.2, 0.25) is 5.91 Å². The van der Waals surface area contributed by atoms with Crippen LogP contribution in [-0.4, -0.2) is 19.6 Å².